The van der Waals surface area contributed by atoms with Gasteiger partial charge in [-0.15, -0.1) is 0 Å². The van der Waals surface area contributed by atoms with E-state index < -0.39 is 25.3 Å². The van der Waals surface area contributed by atoms with Gasteiger partial charge >= 0.3 is 0 Å². The summed E-state index contributed by atoms with van der Waals surface area (Å²) in [6, 6.07) is 13.3. The monoisotopic (exact) mass is 627 g/mol. The number of aryl methyl sites for hydroxylation is 9. The molecule has 0 amide bonds. The molecule has 9 heteroatoms. The topological polar surface area (TPSA) is 37.4 Å². The molecule has 1 heterocycles. The van der Waals surface area contributed by atoms with Gasteiger partial charge in [0.15, 0.2) is 0 Å². The van der Waals surface area contributed by atoms with E-state index in [0.717, 1.165) is 70.3 Å². The van der Waals surface area contributed by atoms with Gasteiger partial charge in [-0.05, 0) is 95.7 Å². The van der Waals surface area contributed by atoms with Gasteiger partial charge in [0.05, 0.1) is 0 Å². The van der Waals surface area contributed by atoms with Crippen LogP contribution in [-0.2, 0) is 0 Å². The summed E-state index contributed by atoms with van der Waals surface area (Å²) >= 11 is 0. The molecule has 1 saturated heterocycles. The highest BCUT2D eigenvalue weighted by atomic mass is 31.3. The van der Waals surface area contributed by atoms with Crippen molar-refractivity contribution in [2.75, 3.05) is 19.6 Å². The summed E-state index contributed by atoms with van der Waals surface area (Å²) in [6.07, 6.45) is 0. The molecule has 0 radical (unpaired) electrons. The van der Waals surface area contributed by atoms with Gasteiger partial charge < -0.3 is 13.6 Å². The molecule has 0 aromatic heterocycles. The fourth-order valence-electron chi connectivity index (χ4n) is 5.74. The third-order valence-corrected chi connectivity index (χ3v) is 15.2. The van der Waals surface area contributed by atoms with Crippen LogP contribution in [0.2, 0.25) is 0 Å². The van der Waals surface area contributed by atoms with Crippen LogP contribution >= 0.6 is 25.3 Å². The van der Waals surface area contributed by atoms with Gasteiger partial charge in [0, 0.05) is 19.6 Å². The molecule has 3 aromatic carbocycles. The van der Waals surface area contributed by atoms with Gasteiger partial charge in [-0.1, -0.05) is 73.9 Å². The molecule has 228 valence electrons. The van der Waals surface area contributed by atoms with Crippen molar-refractivity contribution in [3.05, 3.63) is 86.5 Å². The summed E-state index contributed by atoms with van der Waals surface area (Å²) < 4.78 is 28.7. The Kier molecular flexibility index (Phi) is 11.0. The van der Waals surface area contributed by atoms with E-state index in [0.29, 0.717) is 0 Å². The summed E-state index contributed by atoms with van der Waals surface area (Å²) in [5, 5.41) is 0. The summed E-state index contributed by atoms with van der Waals surface area (Å²) in [7, 11) is -3.72. The maximum Gasteiger partial charge on any atom is 0.263 e. The second-order valence-electron chi connectivity index (χ2n) is 11.3. The molecule has 6 nitrogen and oxygen atoms in total. The predicted octanol–water partition coefficient (Wildman–Crippen LogP) is 10.7. The van der Waals surface area contributed by atoms with Gasteiger partial charge in [0.1, 0.15) is 17.2 Å². The van der Waals surface area contributed by atoms with E-state index in [1.807, 2.05) is 0 Å². The van der Waals surface area contributed by atoms with E-state index in [2.05, 4.69) is 133 Å². The smallest absolute Gasteiger partial charge is 0.263 e. The van der Waals surface area contributed by atoms with Crippen LogP contribution in [0, 0.1) is 62.3 Å². The van der Waals surface area contributed by atoms with Crippen LogP contribution in [0.25, 0.3) is 0 Å². The van der Waals surface area contributed by atoms with Crippen molar-refractivity contribution in [2.24, 2.45) is 0 Å². The normalized spacial score (nSPS) is 20.1. The van der Waals surface area contributed by atoms with Crippen LogP contribution in [-0.4, -0.2) is 33.0 Å². The standard InChI is InChI=1S/C33H48N3O3P3/c1-13-34-40(37-31-25(7)16-22(4)17-26(31)8)35(14-2)42(39-33-29(11)20-24(6)21-30(33)12)36(15-3)41(34)38-32-27(9)18-23(5)19-28(32)10/h16-21H,13-15H2,1-12H3. The predicted molar refractivity (Wildman–Crippen MR) is 182 cm³/mol. The SMILES string of the molecule is CCN1P(Oc2c(C)cc(C)cc2C)N(CC)P(Oc2c(C)cc(C)cc2C)N(CC)P1Oc1c(C)cc(C)cc1C. The zero-order valence-corrected chi connectivity index (χ0v) is 30.2. The Hall–Kier alpha value is -1.77. The Morgan fingerprint density at radius 3 is 0.762 bits per heavy atom. The van der Waals surface area contributed by atoms with Crippen molar-refractivity contribution in [3.63, 3.8) is 0 Å². The first-order valence-corrected chi connectivity index (χ1v) is 18.4. The first-order chi connectivity index (χ1) is 19.9. The number of nitrogens with zero attached hydrogens (tertiary/aromatic N) is 3. The molecule has 1 fully saturated rings. The molecule has 0 atom stereocenters. The average molecular weight is 628 g/mol. The highest BCUT2D eigenvalue weighted by Gasteiger charge is 2.52. The van der Waals surface area contributed by atoms with Crippen LogP contribution in [0.4, 0.5) is 0 Å². The second-order valence-corrected chi connectivity index (χ2v) is 17.2. The molecule has 4 rings (SSSR count). The molecule has 1 aliphatic rings. The minimum absolute atomic E-state index is 0.796. The molecule has 3 aromatic rings. The quantitative estimate of drug-likeness (QED) is 0.220. The van der Waals surface area contributed by atoms with Crippen molar-refractivity contribution in [2.45, 2.75) is 83.1 Å². The minimum Gasteiger partial charge on any atom is -0.443 e. The zero-order valence-electron chi connectivity index (χ0n) is 27.5. The lowest BCUT2D eigenvalue weighted by atomic mass is 10.1. The molecule has 0 spiro atoms. The van der Waals surface area contributed by atoms with E-state index in [4.69, 9.17) is 13.6 Å². The Bertz CT molecular complexity index is 1180. The fourth-order valence-corrected chi connectivity index (χ4v) is 14.4. The number of benzene rings is 3. The van der Waals surface area contributed by atoms with Crippen molar-refractivity contribution < 1.29 is 13.6 Å². The molecular formula is C33H48N3O3P3. The van der Waals surface area contributed by atoms with Crippen molar-refractivity contribution >= 4 is 25.3 Å². The third kappa shape index (κ3) is 6.81. The number of rotatable bonds is 9. The average Bonchev–Trinajstić information content (AvgIpc) is 2.89. The van der Waals surface area contributed by atoms with Gasteiger partial charge in [0.2, 0.25) is 0 Å². The largest absolute Gasteiger partial charge is 0.443 e. The Morgan fingerprint density at radius 1 is 0.405 bits per heavy atom. The van der Waals surface area contributed by atoms with Crippen LogP contribution in [0.3, 0.4) is 0 Å². The van der Waals surface area contributed by atoms with E-state index >= 15 is 0 Å². The lowest BCUT2D eigenvalue weighted by Crippen LogP contribution is -2.40. The zero-order chi connectivity index (χ0) is 30.9. The lowest BCUT2D eigenvalue weighted by Gasteiger charge is -2.51. The van der Waals surface area contributed by atoms with Gasteiger partial charge in [-0.2, -0.15) is 13.3 Å². The molecule has 1 aliphatic heterocycles. The molecular weight excluding hydrogens is 579 g/mol. The molecule has 0 saturated carbocycles. The highest BCUT2D eigenvalue weighted by Crippen LogP contribution is 2.77. The molecule has 0 N–H and O–H groups in total. The summed E-state index contributed by atoms with van der Waals surface area (Å²) in [4.78, 5) is 0. The van der Waals surface area contributed by atoms with Crippen LogP contribution in [0.15, 0.2) is 36.4 Å². The van der Waals surface area contributed by atoms with Crippen LogP contribution in [0.5, 0.6) is 17.2 Å². The minimum atomic E-state index is -1.24. The summed E-state index contributed by atoms with van der Waals surface area (Å²) in [5.41, 5.74) is 10.7. The van der Waals surface area contributed by atoms with Gasteiger partial charge in [-0.3, -0.25) is 0 Å². The van der Waals surface area contributed by atoms with Crippen molar-refractivity contribution in [1.29, 1.82) is 0 Å². The second kappa shape index (κ2) is 13.9. The Morgan fingerprint density at radius 2 is 0.595 bits per heavy atom. The van der Waals surface area contributed by atoms with Gasteiger partial charge in [-0.25, -0.2) is 0 Å². The maximum absolute atomic E-state index is 7.13. The Balaban J connectivity index is 1.87. The first-order valence-electron chi connectivity index (χ1n) is 14.9. The van der Waals surface area contributed by atoms with Crippen LogP contribution < -0.4 is 13.6 Å². The van der Waals surface area contributed by atoms with E-state index in [1.165, 1.54) is 16.7 Å². The van der Waals surface area contributed by atoms with E-state index in [9.17, 15) is 0 Å². The lowest BCUT2D eigenvalue weighted by molar-refractivity contribution is 0.388. The van der Waals surface area contributed by atoms with Crippen LogP contribution in [0.1, 0.15) is 70.8 Å². The van der Waals surface area contributed by atoms with E-state index in [1.54, 1.807) is 0 Å². The Labute approximate surface area is 258 Å². The molecule has 0 aliphatic carbocycles. The maximum atomic E-state index is 7.13. The highest BCUT2D eigenvalue weighted by molar-refractivity contribution is 7.78. The fraction of sp³-hybridized carbons (Fsp3) is 0.455. The molecule has 0 bridgehead atoms. The molecule has 0 unspecified atom stereocenters. The summed E-state index contributed by atoms with van der Waals surface area (Å²) in [6.45, 7) is 28.4. The number of hydrogen-bond acceptors (Lipinski definition) is 6. The van der Waals surface area contributed by atoms with E-state index in [-0.39, 0.29) is 0 Å². The van der Waals surface area contributed by atoms with Gasteiger partial charge in [0.25, 0.3) is 25.3 Å². The third-order valence-electron chi connectivity index (χ3n) is 7.37. The molecule has 42 heavy (non-hydrogen) atoms. The van der Waals surface area contributed by atoms with Crippen molar-refractivity contribution in [1.82, 2.24) is 13.3 Å². The first kappa shape index (κ1) is 33.1. The van der Waals surface area contributed by atoms with Crippen molar-refractivity contribution in [3.8, 4) is 17.2 Å². The summed E-state index contributed by atoms with van der Waals surface area (Å²) in [5.74, 6) is 2.89. The number of hydrogen-bond donors (Lipinski definition) is 0.